The second-order valence-corrected chi connectivity index (χ2v) is 8.86. The normalized spacial score (nSPS) is 16.7. The molecule has 1 saturated carbocycles. The number of fused-ring (bicyclic) bond motifs is 1. The fraction of sp³-hybridized carbons (Fsp3) is 0.333. The molecule has 0 radical (unpaired) electrons. The number of hydrogen-bond donors (Lipinski definition) is 2. The molecule has 1 amide bonds. The second-order valence-electron chi connectivity index (χ2n) is 8.45. The van der Waals surface area contributed by atoms with Gasteiger partial charge in [0.1, 0.15) is 12.4 Å². The number of halogens is 2. The zero-order valence-electron chi connectivity index (χ0n) is 18.0. The number of cyclic esters (lactones) is 1. The summed E-state index contributed by atoms with van der Waals surface area (Å²) in [5.74, 6) is 0.547. The number of hydrogen-bond acceptors (Lipinski definition) is 5. The molecule has 2 fully saturated rings. The van der Waals surface area contributed by atoms with Crippen LogP contribution in [0.15, 0.2) is 41.2 Å². The Kier molecular flexibility index (Phi) is 5.62. The van der Waals surface area contributed by atoms with Crippen molar-refractivity contribution in [3.8, 4) is 5.75 Å². The molecule has 9 heteroatoms. The Hall–Kier alpha value is -3.26. The smallest absolute Gasteiger partial charge is 0.414 e. The molecule has 0 spiro atoms. The van der Waals surface area contributed by atoms with Crippen LogP contribution in [0.3, 0.4) is 0 Å². The van der Waals surface area contributed by atoms with Gasteiger partial charge in [0.25, 0.3) is 5.56 Å². The maximum absolute atomic E-state index is 15.1. The van der Waals surface area contributed by atoms with Crippen LogP contribution in [-0.2, 0) is 4.74 Å². The maximum Gasteiger partial charge on any atom is 0.414 e. The largest absolute Gasteiger partial charge is 0.492 e. The first-order valence-corrected chi connectivity index (χ1v) is 11.3. The van der Waals surface area contributed by atoms with Crippen molar-refractivity contribution >= 4 is 40.0 Å². The predicted octanol–water partition coefficient (Wildman–Crippen LogP) is 5.24. The quantitative estimate of drug-likeness (QED) is 0.492. The van der Waals surface area contributed by atoms with Crippen molar-refractivity contribution < 1.29 is 18.7 Å². The van der Waals surface area contributed by atoms with E-state index in [1.807, 2.05) is 0 Å². The van der Waals surface area contributed by atoms with E-state index in [1.54, 1.807) is 37.3 Å². The molecule has 172 valence electrons. The lowest BCUT2D eigenvalue weighted by Crippen LogP contribution is -2.25. The highest BCUT2D eigenvalue weighted by Crippen LogP contribution is 2.34. The summed E-state index contributed by atoms with van der Waals surface area (Å²) < 4.78 is 25.8. The van der Waals surface area contributed by atoms with Crippen LogP contribution < -0.4 is 20.5 Å². The zero-order valence-corrected chi connectivity index (χ0v) is 18.7. The second kappa shape index (κ2) is 8.59. The van der Waals surface area contributed by atoms with Crippen LogP contribution in [0.4, 0.5) is 20.6 Å². The number of aromatic nitrogens is 1. The van der Waals surface area contributed by atoms with Crippen LogP contribution in [0, 0.1) is 11.7 Å². The third-order valence-corrected chi connectivity index (χ3v) is 6.26. The molecule has 2 N–H and O–H groups in total. The topological polar surface area (TPSA) is 83.7 Å². The summed E-state index contributed by atoms with van der Waals surface area (Å²) in [4.78, 5) is 28.8. The minimum absolute atomic E-state index is 0.132. The summed E-state index contributed by atoms with van der Waals surface area (Å²) in [5, 5.41) is 4.26. The Bertz CT molecular complexity index is 1290. The molecule has 1 atom stereocenters. The van der Waals surface area contributed by atoms with Crippen molar-refractivity contribution in [1.29, 1.82) is 0 Å². The van der Waals surface area contributed by atoms with E-state index in [9.17, 15) is 9.59 Å². The van der Waals surface area contributed by atoms with Gasteiger partial charge in [-0.05, 0) is 49.9 Å². The number of carbonyl (C=O) groups is 1. The van der Waals surface area contributed by atoms with Gasteiger partial charge in [-0.3, -0.25) is 9.69 Å². The summed E-state index contributed by atoms with van der Waals surface area (Å²) in [6, 6.07) is 9.44. The number of H-pyrrole nitrogens is 1. The Morgan fingerprint density at radius 3 is 2.85 bits per heavy atom. The lowest BCUT2D eigenvalue weighted by molar-refractivity contribution is 0.181. The van der Waals surface area contributed by atoms with E-state index in [0.717, 1.165) is 5.39 Å². The van der Waals surface area contributed by atoms with Gasteiger partial charge in [0.2, 0.25) is 0 Å². The molecule has 1 aliphatic carbocycles. The number of nitrogens with one attached hydrogen (secondary N) is 2. The van der Waals surface area contributed by atoms with E-state index in [2.05, 4.69) is 10.3 Å². The number of pyridine rings is 1. The number of ether oxygens (including phenoxy) is 2. The van der Waals surface area contributed by atoms with Gasteiger partial charge >= 0.3 is 6.09 Å². The van der Waals surface area contributed by atoms with E-state index in [-0.39, 0.29) is 30.1 Å². The summed E-state index contributed by atoms with van der Waals surface area (Å²) in [6.07, 6.45) is 1.76. The SMILES string of the molecule is CC(Nc1cccc(N2CCOC2=O)c1F)c1cc2cc(Cl)c(OCC3CC3)cc2[nH]c1=O. The first kappa shape index (κ1) is 21.6. The van der Waals surface area contributed by atoms with Gasteiger partial charge in [-0.2, -0.15) is 0 Å². The highest BCUT2D eigenvalue weighted by Gasteiger charge is 2.27. The number of nitrogens with zero attached hydrogens (tertiary/aromatic N) is 1. The van der Waals surface area contributed by atoms with Gasteiger partial charge < -0.3 is 19.8 Å². The van der Waals surface area contributed by atoms with Crippen molar-refractivity contribution in [3.63, 3.8) is 0 Å². The fourth-order valence-corrected chi connectivity index (χ4v) is 4.14. The first-order chi connectivity index (χ1) is 15.9. The van der Waals surface area contributed by atoms with E-state index >= 15 is 4.39 Å². The van der Waals surface area contributed by atoms with E-state index in [1.165, 1.54) is 23.8 Å². The molecule has 1 saturated heterocycles. The Morgan fingerprint density at radius 2 is 2.12 bits per heavy atom. The van der Waals surface area contributed by atoms with E-state index in [4.69, 9.17) is 21.1 Å². The van der Waals surface area contributed by atoms with Crippen molar-refractivity contribution in [2.45, 2.75) is 25.8 Å². The number of aromatic amines is 1. The predicted molar refractivity (Wildman–Crippen MR) is 125 cm³/mol. The highest BCUT2D eigenvalue weighted by molar-refractivity contribution is 6.32. The molecule has 2 aromatic carbocycles. The van der Waals surface area contributed by atoms with E-state index < -0.39 is 18.0 Å². The van der Waals surface area contributed by atoms with Crippen LogP contribution in [0.5, 0.6) is 5.75 Å². The molecule has 3 aromatic rings. The summed E-state index contributed by atoms with van der Waals surface area (Å²) >= 11 is 6.40. The van der Waals surface area contributed by atoms with Crippen molar-refractivity contribution in [2.24, 2.45) is 5.92 Å². The number of amides is 1. The fourth-order valence-electron chi connectivity index (χ4n) is 3.91. The molecule has 1 aliphatic heterocycles. The first-order valence-electron chi connectivity index (χ1n) is 10.9. The van der Waals surface area contributed by atoms with Gasteiger partial charge in [0.05, 0.1) is 41.1 Å². The monoisotopic (exact) mass is 471 g/mol. The molecule has 33 heavy (non-hydrogen) atoms. The van der Waals surface area contributed by atoms with Crippen LogP contribution in [0.25, 0.3) is 10.9 Å². The average Bonchev–Trinajstić information content (AvgIpc) is 3.52. The molecule has 7 nitrogen and oxygen atoms in total. The molecule has 1 aromatic heterocycles. The van der Waals surface area contributed by atoms with Crippen LogP contribution in [0.2, 0.25) is 5.02 Å². The number of carbonyl (C=O) groups excluding carboxylic acids is 1. The minimum atomic E-state index is -0.582. The average molecular weight is 472 g/mol. The molecule has 2 aliphatic rings. The lowest BCUT2D eigenvalue weighted by atomic mass is 10.1. The van der Waals surface area contributed by atoms with E-state index in [0.29, 0.717) is 34.4 Å². The van der Waals surface area contributed by atoms with Crippen LogP contribution in [0.1, 0.15) is 31.4 Å². The number of anilines is 2. The minimum Gasteiger partial charge on any atom is -0.492 e. The van der Waals surface area contributed by atoms with Crippen molar-refractivity contribution in [3.05, 3.63) is 63.2 Å². The summed E-state index contributed by atoms with van der Waals surface area (Å²) in [5.41, 5.74) is 1.06. The summed E-state index contributed by atoms with van der Waals surface area (Å²) in [7, 11) is 0. The lowest BCUT2D eigenvalue weighted by Gasteiger charge is -2.20. The van der Waals surface area contributed by atoms with Gasteiger partial charge in [-0.25, -0.2) is 9.18 Å². The van der Waals surface area contributed by atoms with Crippen molar-refractivity contribution in [2.75, 3.05) is 30.0 Å². The van der Waals surface area contributed by atoms with Crippen LogP contribution in [-0.4, -0.2) is 30.8 Å². The number of rotatable bonds is 7. The zero-order chi connectivity index (χ0) is 23.1. The van der Waals surface area contributed by atoms with Gasteiger partial charge in [-0.15, -0.1) is 0 Å². The Labute approximate surface area is 194 Å². The molecule has 0 bridgehead atoms. The third kappa shape index (κ3) is 4.35. The van der Waals surface area contributed by atoms with Gasteiger partial charge in [0.15, 0.2) is 5.82 Å². The van der Waals surface area contributed by atoms with Gasteiger partial charge in [-0.1, -0.05) is 17.7 Å². The van der Waals surface area contributed by atoms with Crippen LogP contribution >= 0.6 is 11.6 Å². The molecule has 5 rings (SSSR count). The molecular weight excluding hydrogens is 449 g/mol. The molecular formula is C24H23ClFN3O4. The third-order valence-electron chi connectivity index (χ3n) is 5.97. The highest BCUT2D eigenvalue weighted by atomic mass is 35.5. The Morgan fingerprint density at radius 1 is 1.30 bits per heavy atom. The molecule has 1 unspecified atom stereocenters. The van der Waals surface area contributed by atoms with Crippen molar-refractivity contribution in [1.82, 2.24) is 4.98 Å². The maximum atomic E-state index is 15.1. The standard InChI is InChI=1S/C24H23ClFN3O4/c1-13(27-18-3-2-4-20(22(18)26)29-7-8-32-24(29)31)16-9-15-10-17(25)21(33-12-14-5-6-14)11-19(15)28-23(16)30/h2-4,9-11,13-14,27H,5-8,12H2,1H3,(H,28,30). The van der Waals surface area contributed by atoms with Gasteiger partial charge in [0, 0.05) is 17.0 Å². The number of benzene rings is 2. The molecule has 2 heterocycles. The Balaban J connectivity index is 1.41. The summed E-state index contributed by atoms with van der Waals surface area (Å²) in [6.45, 7) is 2.89.